The molecule has 0 N–H and O–H groups in total. The minimum atomic E-state index is 0.422. The number of benzene rings is 1. The van der Waals surface area contributed by atoms with E-state index in [2.05, 4.69) is 30.3 Å². The van der Waals surface area contributed by atoms with E-state index in [4.69, 9.17) is 11.6 Å². The van der Waals surface area contributed by atoms with Crippen molar-refractivity contribution in [3.05, 3.63) is 35.9 Å². The predicted molar refractivity (Wildman–Crippen MR) is 67.4 cm³/mol. The first-order chi connectivity index (χ1) is 7.77. The number of alkyl halides is 1. The maximum absolute atomic E-state index is 6.45. The second-order valence-corrected chi connectivity index (χ2v) is 6.03. The average Bonchev–Trinajstić information content (AvgIpc) is 2.31. The molecule has 4 rings (SSSR count). The summed E-state index contributed by atoms with van der Waals surface area (Å²) in [7, 11) is 0. The van der Waals surface area contributed by atoms with Gasteiger partial charge in [-0.1, -0.05) is 30.3 Å². The van der Waals surface area contributed by atoms with Crippen molar-refractivity contribution < 1.29 is 4.48 Å². The molecule has 0 aromatic heterocycles. The molecule has 1 nitrogen and oxygen atoms in total. The van der Waals surface area contributed by atoms with Crippen LogP contribution in [0.25, 0.3) is 0 Å². The van der Waals surface area contributed by atoms with Gasteiger partial charge in [0.15, 0.2) is 0 Å². The number of hydrogen-bond acceptors (Lipinski definition) is 0. The molecule has 3 aliphatic rings. The first-order valence-corrected chi connectivity index (χ1v) is 6.74. The zero-order chi connectivity index (χ0) is 11.0. The lowest BCUT2D eigenvalue weighted by Crippen LogP contribution is -2.61. The Morgan fingerprint density at radius 3 is 2.44 bits per heavy atom. The Labute approximate surface area is 103 Å². The van der Waals surface area contributed by atoms with Crippen LogP contribution in [-0.4, -0.2) is 29.5 Å². The summed E-state index contributed by atoms with van der Waals surface area (Å²) in [6.07, 6.45) is 2.67. The van der Waals surface area contributed by atoms with Crippen molar-refractivity contribution in [3.63, 3.8) is 0 Å². The van der Waals surface area contributed by atoms with Gasteiger partial charge in [-0.05, 0) is 5.92 Å². The fourth-order valence-corrected chi connectivity index (χ4v) is 3.94. The van der Waals surface area contributed by atoms with Crippen molar-refractivity contribution in [2.75, 3.05) is 19.6 Å². The van der Waals surface area contributed by atoms with Gasteiger partial charge in [-0.25, -0.2) is 0 Å². The Morgan fingerprint density at radius 1 is 1.12 bits per heavy atom. The Kier molecular flexibility index (Phi) is 2.68. The first kappa shape index (κ1) is 10.6. The van der Waals surface area contributed by atoms with E-state index >= 15 is 0 Å². The van der Waals surface area contributed by atoms with Gasteiger partial charge >= 0.3 is 0 Å². The molecular formula is C14H19ClN+. The molecule has 0 saturated carbocycles. The second kappa shape index (κ2) is 4.05. The molecule has 86 valence electrons. The van der Waals surface area contributed by atoms with Crippen LogP contribution in [0.1, 0.15) is 18.4 Å². The van der Waals surface area contributed by atoms with Crippen LogP contribution in [0.4, 0.5) is 0 Å². The highest BCUT2D eigenvalue weighted by atomic mass is 35.5. The zero-order valence-electron chi connectivity index (χ0n) is 9.61. The molecule has 1 aromatic carbocycles. The van der Waals surface area contributed by atoms with E-state index in [1.165, 1.54) is 49.1 Å². The molecule has 16 heavy (non-hydrogen) atoms. The lowest BCUT2D eigenvalue weighted by atomic mass is 9.85. The van der Waals surface area contributed by atoms with Crippen molar-refractivity contribution in [1.82, 2.24) is 0 Å². The number of hydrogen-bond donors (Lipinski definition) is 0. The number of piperidine rings is 3. The molecule has 3 saturated heterocycles. The summed E-state index contributed by atoms with van der Waals surface area (Å²) < 4.78 is 1.23. The molecular weight excluding hydrogens is 218 g/mol. The third-order valence-corrected chi connectivity index (χ3v) is 4.88. The van der Waals surface area contributed by atoms with Crippen LogP contribution < -0.4 is 0 Å². The molecule has 0 radical (unpaired) electrons. The Hall–Kier alpha value is -0.530. The highest BCUT2D eigenvalue weighted by molar-refractivity contribution is 6.21. The Bertz CT molecular complexity index is 354. The molecule has 3 aliphatic heterocycles. The van der Waals surface area contributed by atoms with Crippen LogP contribution in [0.2, 0.25) is 0 Å². The number of nitrogens with zero attached hydrogens (tertiary/aromatic N) is 1. The van der Waals surface area contributed by atoms with Crippen LogP contribution in [0, 0.1) is 5.92 Å². The topological polar surface area (TPSA) is 0 Å². The number of rotatable bonds is 2. The molecule has 3 heterocycles. The van der Waals surface area contributed by atoms with Gasteiger partial charge in [0.2, 0.25) is 0 Å². The number of fused-ring (bicyclic) bond motifs is 3. The zero-order valence-corrected chi connectivity index (χ0v) is 10.4. The molecule has 0 aliphatic carbocycles. The van der Waals surface area contributed by atoms with Gasteiger partial charge in [-0.15, -0.1) is 11.6 Å². The summed E-state index contributed by atoms with van der Waals surface area (Å²) in [4.78, 5) is 0. The smallest absolute Gasteiger partial charge is 0.104 e. The van der Waals surface area contributed by atoms with Gasteiger partial charge in [-0.3, -0.25) is 0 Å². The van der Waals surface area contributed by atoms with E-state index in [-0.39, 0.29) is 0 Å². The summed E-state index contributed by atoms with van der Waals surface area (Å²) in [5.41, 5.74) is 1.46. The van der Waals surface area contributed by atoms with Crippen LogP contribution in [0.5, 0.6) is 0 Å². The third kappa shape index (κ3) is 1.87. The molecule has 2 heteroatoms. The fourth-order valence-electron chi connectivity index (χ4n) is 3.39. The molecule has 1 atom stereocenters. The highest BCUT2D eigenvalue weighted by Gasteiger charge is 2.44. The minimum Gasteiger partial charge on any atom is -0.319 e. The number of quaternary nitrogens is 1. The molecule has 2 bridgehead atoms. The van der Waals surface area contributed by atoms with Gasteiger partial charge in [0.1, 0.15) is 6.54 Å². The van der Waals surface area contributed by atoms with Crippen molar-refractivity contribution in [2.24, 2.45) is 5.92 Å². The quantitative estimate of drug-likeness (QED) is 0.547. The van der Waals surface area contributed by atoms with Crippen molar-refractivity contribution in [3.8, 4) is 0 Å². The molecule has 1 aromatic rings. The second-order valence-electron chi connectivity index (χ2n) is 5.47. The number of halogens is 1. The van der Waals surface area contributed by atoms with Gasteiger partial charge in [0.25, 0.3) is 0 Å². The highest BCUT2D eigenvalue weighted by Crippen LogP contribution is 2.37. The minimum absolute atomic E-state index is 0.422. The largest absolute Gasteiger partial charge is 0.319 e. The van der Waals surface area contributed by atoms with Crippen LogP contribution in [0.3, 0.4) is 0 Å². The summed E-state index contributed by atoms with van der Waals surface area (Å²) in [5, 5.41) is 0.422. The Morgan fingerprint density at radius 2 is 1.81 bits per heavy atom. The lowest BCUT2D eigenvalue weighted by molar-refractivity contribution is -0.954. The molecule has 0 unspecified atom stereocenters. The van der Waals surface area contributed by atoms with Crippen molar-refractivity contribution in [2.45, 2.75) is 24.8 Å². The van der Waals surface area contributed by atoms with E-state index in [1.54, 1.807) is 0 Å². The SMILES string of the molecule is Cl[C@@H]1C[N+]2(Cc3ccccc3)CCC1CC2. The van der Waals surface area contributed by atoms with E-state index < -0.39 is 0 Å². The maximum atomic E-state index is 6.45. The van der Waals surface area contributed by atoms with Crippen LogP contribution >= 0.6 is 11.6 Å². The normalized spacial score (nSPS) is 37.6. The molecule has 0 spiro atoms. The maximum Gasteiger partial charge on any atom is 0.104 e. The fraction of sp³-hybridized carbons (Fsp3) is 0.571. The summed E-state index contributed by atoms with van der Waals surface area (Å²) >= 11 is 6.45. The van der Waals surface area contributed by atoms with E-state index in [0.717, 1.165) is 5.92 Å². The third-order valence-electron chi connectivity index (χ3n) is 4.38. The van der Waals surface area contributed by atoms with E-state index in [1.807, 2.05) is 0 Å². The van der Waals surface area contributed by atoms with Gasteiger partial charge in [0.05, 0.1) is 25.0 Å². The van der Waals surface area contributed by atoms with Crippen LogP contribution in [0.15, 0.2) is 30.3 Å². The monoisotopic (exact) mass is 236 g/mol. The summed E-state index contributed by atoms with van der Waals surface area (Å²) in [6.45, 7) is 5.03. The molecule has 0 amide bonds. The standard InChI is InChI=1S/C14H19ClN/c15-14-11-16(8-6-13(14)7-9-16)10-12-4-2-1-3-5-12/h1-5,13-14H,6-11H2/q+1/t13?,14-,16?/m1/s1. The van der Waals surface area contributed by atoms with Gasteiger partial charge < -0.3 is 4.48 Å². The Balaban J connectivity index is 1.78. The molecule has 3 fully saturated rings. The first-order valence-electron chi connectivity index (χ1n) is 6.31. The summed E-state index contributed by atoms with van der Waals surface area (Å²) in [6, 6.07) is 10.9. The van der Waals surface area contributed by atoms with E-state index in [0.29, 0.717) is 5.38 Å². The van der Waals surface area contributed by atoms with Crippen molar-refractivity contribution >= 4 is 11.6 Å². The lowest BCUT2D eigenvalue weighted by Gasteiger charge is -2.51. The van der Waals surface area contributed by atoms with E-state index in [9.17, 15) is 0 Å². The summed E-state index contributed by atoms with van der Waals surface area (Å²) in [5.74, 6) is 0.803. The average molecular weight is 237 g/mol. The van der Waals surface area contributed by atoms with Crippen LogP contribution in [-0.2, 0) is 6.54 Å². The van der Waals surface area contributed by atoms with Crippen molar-refractivity contribution in [1.29, 1.82) is 0 Å². The van der Waals surface area contributed by atoms with Gasteiger partial charge in [0, 0.05) is 18.4 Å². The predicted octanol–water partition coefficient (Wildman–Crippen LogP) is 3.03. The van der Waals surface area contributed by atoms with Gasteiger partial charge in [-0.2, -0.15) is 0 Å².